The van der Waals surface area contributed by atoms with E-state index in [2.05, 4.69) is 20.9 Å². The zero-order valence-electron chi connectivity index (χ0n) is 14.2. The number of ether oxygens (including phenoxy) is 1. The highest BCUT2D eigenvalue weighted by atomic mass is 16.5. The average Bonchev–Trinajstić information content (AvgIpc) is 2.53. The number of rotatable bonds is 6. The quantitative estimate of drug-likeness (QED) is 0.608. The predicted molar refractivity (Wildman–Crippen MR) is 89.6 cm³/mol. The van der Waals surface area contributed by atoms with Crippen molar-refractivity contribution >= 4 is 11.0 Å². The van der Waals surface area contributed by atoms with Crippen molar-refractivity contribution in [2.45, 2.75) is 27.2 Å². The van der Waals surface area contributed by atoms with Crippen molar-refractivity contribution in [3.63, 3.8) is 0 Å². The van der Waals surface area contributed by atoms with Gasteiger partial charge in [0, 0.05) is 23.4 Å². The van der Waals surface area contributed by atoms with E-state index in [9.17, 15) is 4.79 Å². The third kappa shape index (κ3) is 3.17. The van der Waals surface area contributed by atoms with Gasteiger partial charge in [0.25, 0.3) is 0 Å². The highest BCUT2D eigenvalue weighted by Crippen LogP contribution is 2.24. The smallest absolute Gasteiger partial charge is 0.339 e. The van der Waals surface area contributed by atoms with E-state index in [-0.39, 0.29) is 5.63 Å². The summed E-state index contributed by atoms with van der Waals surface area (Å²) in [7, 11) is 3.83. The normalized spacial score (nSPS) is 11.9. The van der Waals surface area contributed by atoms with Crippen LogP contribution in [0.1, 0.15) is 25.0 Å². The van der Waals surface area contributed by atoms with E-state index in [1.165, 1.54) is 0 Å². The lowest BCUT2D eigenvalue weighted by atomic mass is 10.0. The van der Waals surface area contributed by atoms with E-state index in [1.807, 2.05) is 19.1 Å². The van der Waals surface area contributed by atoms with E-state index in [1.54, 1.807) is 13.2 Å². The average molecular weight is 304 g/mol. The first-order valence-electron chi connectivity index (χ1n) is 7.88. The molecule has 0 atom stereocenters. The lowest BCUT2D eigenvalue weighted by Crippen LogP contribution is -2.45. The van der Waals surface area contributed by atoms with E-state index in [0.29, 0.717) is 11.3 Å². The summed E-state index contributed by atoms with van der Waals surface area (Å²) < 4.78 is 11.7. The van der Waals surface area contributed by atoms with Crippen molar-refractivity contribution in [2.75, 3.05) is 33.8 Å². The minimum atomic E-state index is -0.225. The summed E-state index contributed by atoms with van der Waals surface area (Å²) in [4.78, 5) is 12.3. The summed E-state index contributed by atoms with van der Waals surface area (Å²) >= 11 is 0. The molecular weight excluding hydrogens is 278 g/mol. The van der Waals surface area contributed by atoms with E-state index >= 15 is 0 Å². The molecule has 0 bridgehead atoms. The van der Waals surface area contributed by atoms with Gasteiger partial charge >= 0.3 is 5.63 Å². The summed E-state index contributed by atoms with van der Waals surface area (Å²) in [6.45, 7) is 9.44. The Balaban J connectivity index is 2.41. The van der Waals surface area contributed by atoms with Crippen LogP contribution in [0.15, 0.2) is 27.4 Å². The fourth-order valence-corrected chi connectivity index (χ4v) is 2.71. The molecule has 0 fully saturated rings. The van der Waals surface area contributed by atoms with Gasteiger partial charge in [-0.1, -0.05) is 0 Å². The molecular formula is C18H26NO3+. The van der Waals surface area contributed by atoms with Crippen molar-refractivity contribution in [1.29, 1.82) is 0 Å². The molecule has 1 heterocycles. The Bertz CT molecular complexity index is 714. The molecule has 0 aliphatic heterocycles. The van der Waals surface area contributed by atoms with Crippen LogP contribution in [-0.4, -0.2) is 38.3 Å². The van der Waals surface area contributed by atoms with Crippen LogP contribution in [0.4, 0.5) is 0 Å². The largest absolute Gasteiger partial charge is 0.497 e. The number of aryl methyl sites for hydroxylation is 1. The third-order valence-electron chi connectivity index (χ3n) is 4.92. The molecule has 4 heteroatoms. The molecule has 2 rings (SSSR count). The van der Waals surface area contributed by atoms with Crippen LogP contribution in [0.25, 0.3) is 11.0 Å². The van der Waals surface area contributed by atoms with Gasteiger partial charge in [-0.25, -0.2) is 4.79 Å². The summed E-state index contributed by atoms with van der Waals surface area (Å²) in [5, 5.41) is 0.984. The number of methoxy groups -OCH3 is 1. The highest BCUT2D eigenvalue weighted by Gasteiger charge is 2.19. The molecule has 0 saturated heterocycles. The zero-order chi connectivity index (χ0) is 16.3. The Kier molecular flexibility index (Phi) is 4.91. The minimum absolute atomic E-state index is 0.225. The van der Waals surface area contributed by atoms with Crippen molar-refractivity contribution in [1.82, 2.24) is 0 Å². The van der Waals surface area contributed by atoms with Crippen molar-refractivity contribution < 1.29 is 13.6 Å². The van der Waals surface area contributed by atoms with Crippen LogP contribution < -0.4 is 10.4 Å². The maximum atomic E-state index is 12.3. The van der Waals surface area contributed by atoms with E-state index < -0.39 is 0 Å². The van der Waals surface area contributed by atoms with Crippen molar-refractivity contribution in [2.24, 2.45) is 0 Å². The Labute approximate surface area is 131 Å². The van der Waals surface area contributed by atoms with Gasteiger partial charge in [0.2, 0.25) is 0 Å². The number of nitrogens with zero attached hydrogens (tertiary/aromatic N) is 1. The SMILES string of the molecule is CC[N+](C)(CC)CCc1c(C)c2ccc(OC)cc2oc1=O. The number of likely N-dealkylation sites (N-methyl/N-ethyl adjacent to an activating group) is 1. The molecule has 0 amide bonds. The number of fused-ring (bicyclic) bond motifs is 1. The van der Waals surface area contributed by atoms with Gasteiger partial charge in [-0.3, -0.25) is 0 Å². The standard InChI is InChI=1S/C18H26NO3/c1-6-19(4,7-2)11-10-16-13(3)15-9-8-14(21-5)12-17(15)22-18(16)20/h8-9,12H,6-7,10-11H2,1-5H3/q+1. The monoisotopic (exact) mass is 304 g/mol. The molecule has 2 aromatic rings. The van der Waals surface area contributed by atoms with Crippen LogP contribution in [0.3, 0.4) is 0 Å². The Morgan fingerprint density at radius 3 is 2.50 bits per heavy atom. The van der Waals surface area contributed by atoms with Gasteiger partial charge in [0.15, 0.2) is 0 Å². The Morgan fingerprint density at radius 2 is 1.91 bits per heavy atom. The molecule has 0 unspecified atom stereocenters. The summed E-state index contributed by atoms with van der Waals surface area (Å²) in [5.41, 5.74) is 2.18. The van der Waals surface area contributed by atoms with Gasteiger partial charge in [-0.05, 0) is 38.5 Å². The molecule has 1 aromatic heterocycles. The second-order valence-corrected chi connectivity index (χ2v) is 6.08. The maximum Gasteiger partial charge on any atom is 0.339 e. The second-order valence-electron chi connectivity index (χ2n) is 6.08. The summed E-state index contributed by atoms with van der Waals surface area (Å²) in [6.07, 6.45) is 0.744. The molecule has 1 aromatic carbocycles. The Morgan fingerprint density at radius 1 is 1.23 bits per heavy atom. The first kappa shape index (κ1) is 16.6. The lowest BCUT2D eigenvalue weighted by Gasteiger charge is -2.32. The van der Waals surface area contributed by atoms with Crippen LogP contribution in [-0.2, 0) is 6.42 Å². The van der Waals surface area contributed by atoms with Crippen LogP contribution in [0, 0.1) is 6.92 Å². The zero-order valence-corrected chi connectivity index (χ0v) is 14.2. The predicted octanol–water partition coefficient (Wildman–Crippen LogP) is 3.14. The molecule has 0 aliphatic rings. The minimum Gasteiger partial charge on any atom is -0.497 e. The molecule has 0 saturated carbocycles. The topological polar surface area (TPSA) is 39.4 Å². The Hall–Kier alpha value is -1.81. The van der Waals surface area contributed by atoms with E-state index in [0.717, 1.165) is 47.1 Å². The number of benzene rings is 1. The van der Waals surface area contributed by atoms with Gasteiger partial charge in [-0.15, -0.1) is 0 Å². The highest BCUT2D eigenvalue weighted by molar-refractivity contribution is 5.82. The fourth-order valence-electron chi connectivity index (χ4n) is 2.71. The van der Waals surface area contributed by atoms with Gasteiger partial charge in [-0.2, -0.15) is 0 Å². The van der Waals surface area contributed by atoms with Crippen molar-refractivity contribution in [3.05, 3.63) is 39.7 Å². The first-order chi connectivity index (χ1) is 10.4. The van der Waals surface area contributed by atoms with Crippen LogP contribution in [0.2, 0.25) is 0 Å². The van der Waals surface area contributed by atoms with Gasteiger partial charge in [0.05, 0.1) is 33.8 Å². The third-order valence-corrected chi connectivity index (χ3v) is 4.92. The second kappa shape index (κ2) is 6.53. The molecule has 0 aliphatic carbocycles. The van der Waals surface area contributed by atoms with Crippen LogP contribution in [0.5, 0.6) is 5.75 Å². The van der Waals surface area contributed by atoms with Gasteiger partial charge in [0.1, 0.15) is 11.3 Å². The summed E-state index contributed by atoms with van der Waals surface area (Å²) in [6, 6.07) is 5.63. The number of hydrogen-bond acceptors (Lipinski definition) is 3. The van der Waals surface area contributed by atoms with Crippen molar-refractivity contribution in [3.8, 4) is 5.75 Å². The lowest BCUT2D eigenvalue weighted by molar-refractivity contribution is -0.905. The number of hydrogen-bond donors (Lipinski definition) is 0. The molecule has 0 spiro atoms. The molecule has 0 N–H and O–H groups in total. The van der Waals surface area contributed by atoms with Gasteiger partial charge < -0.3 is 13.6 Å². The molecule has 120 valence electrons. The number of quaternary nitrogens is 1. The fraction of sp³-hybridized carbons (Fsp3) is 0.500. The van der Waals surface area contributed by atoms with Crippen LogP contribution >= 0.6 is 0 Å². The summed E-state index contributed by atoms with van der Waals surface area (Å²) in [5.74, 6) is 0.698. The maximum absolute atomic E-state index is 12.3. The molecule has 0 radical (unpaired) electrons. The first-order valence-corrected chi connectivity index (χ1v) is 7.88. The molecule has 22 heavy (non-hydrogen) atoms. The molecule has 4 nitrogen and oxygen atoms in total. The van der Waals surface area contributed by atoms with E-state index in [4.69, 9.17) is 9.15 Å².